The van der Waals surface area contributed by atoms with Gasteiger partial charge in [0.25, 0.3) is 17.4 Å². The molecular weight excluding hydrogens is 430 g/mol. The Morgan fingerprint density at radius 2 is 1.94 bits per heavy atom. The minimum Gasteiger partial charge on any atom is -0.507 e. The molecule has 2 aromatic rings. The fourth-order valence-electron chi connectivity index (χ4n) is 3.66. The first-order valence-electron chi connectivity index (χ1n) is 10.3. The van der Waals surface area contributed by atoms with E-state index in [0.29, 0.717) is 12.1 Å². The molecule has 1 fully saturated rings. The molecule has 10 heteroatoms. The Hall–Kier alpha value is -3.92. The maximum absolute atomic E-state index is 13.0. The number of aliphatic hydroxyl groups excluding tert-OH is 1. The van der Waals surface area contributed by atoms with E-state index in [1.165, 1.54) is 41.3 Å². The van der Waals surface area contributed by atoms with Crippen molar-refractivity contribution < 1.29 is 29.5 Å². The maximum Gasteiger partial charge on any atom is 0.295 e. The van der Waals surface area contributed by atoms with Crippen LogP contribution in [0.4, 0.5) is 5.69 Å². The number of ketones is 1. The van der Waals surface area contributed by atoms with Crippen LogP contribution in [0.2, 0.25) is 0 Å². The van der Waals surface area contributed by atoms with Gasteiger partial charge in [-0.15, -0.1) is 0 Å². The third kappa shape index (κ3) is 4.80. The summed E-state index contributed by atoms with van der Waals surface area (Å²) in [7, 11) is 3.64. The van der Waals surface area contributed by atoms with E-state index in [9.17, 15) is 29.9 Å². The summed E-state index contributed by atoms with van der Waals surface area (Å²) < 4.78 is 5.45. The van der Waals surface area contributed by atoms with Gasteiger partial charge in [-0.2, -0.15) is 0 Å². The molecule has 1 saturated heterocycles. The van der Waals surface area contributed by atoms with Crippen LogP contribution < -0.4 is 4.74 Å². The summed E-state index contributed by atoms with van der Waals surface area (Å²) in [6, 6.07) is 8.69. The number of nitro benzene ring substituents is 1. The van der Waals surface area contributed by atoms with Crippen molar-refractivity contribution in [3.8, 4) is 11.5 Å². The molecule has 3 rings (SSSR count). The zero-order valence-corrected chi connectivity index (χ0v) is 18.5. The summed E-state index contributed by atoms with van der Waals surface area (Å²) in [6.07, 6.45) is 0. The van der Waals surface area contributed by atoms with Crippen LogP contribution in [0.3, 0.4) is 0 Å². The third-order valence-corrected chi connectivity index (χ3v) is 5.26. The van der Waals surface area contributed by atoms with Crippen LogP contribution in [-0.4, -0.2) is 70.4 Å². The van der Waals surface area contributed by atoms with Gasteiger partial charge >= 0.3 is 0 Å². The Morgan fingerprint density at radius 3 is 2.58 bits per heavy atom. The highest BCUT2D eigenvalue weighted by Gasteiger charge is 2.46. The Bertz CT molecular complexity index is 1130. The maximum atomic E-state index is 13.0. The molecule has 0 spiro atoms. The fraction of sp³-hybridized carbons (Fsp3) is 0.304. The number of nitro groups is 1. The first kappa shape index (κ1) is 23.7. The van der Waals surface area contributed by atoms with Crippen molar-refractivity contribution in [2.75, 3.05) is 33.8 Å². The summed E-state index contributed by atoms with van der Waals surface area (Å²) in [5.74, 6) is -2.14. The molecule has 1 heterocycles. The lowest BCUT2D eigenvalue weighted by molar-refractivity contribution is -0.384. The minimum atomic E-state index is -0.969. The highest BCUT2D eigenvalue weighted by Crippen LogP contribution is 2.41. The number of rotatable bonds is 8. The van der Waals surface area contributed by atoms with Crippen molar-refractivity contribution in [1.82, 2.24) is 9.80 Å². The number of aromatic hydroxyl groups is 1. The number of likely N-dealkylation sites (N-methyl/N-ethyl adjacent to an activating group) is 1. The molecule has 33 heavy (non-hydrogen) atoms. The Morgan fingerprint density at radius 1 is 1.21 bits per heavy atom. The number of phenolic OH excluding ortho intramolecular Hbond substituents is 1. The average Bonchev–Trinajstić information content (AvgIpc) is 3.03. The molecule has 174 valence electrons. The van der Waals surface area contributed by atoms with Crippen molar-refractivity contribution in [2.45, 2.75) is 13.0 Å². The van der Waals surface area contributed by atoms with Gasteiger partial charge in [0.2, 0.25) is 0 Å². The molecule has 1 aliphatic heterocycles. The summed E-state index contributed by atoms with van der Waals surface area (Å²) in [5, 5.41) is 32.3. The number of hydrogen-bond acceptors (Lipinski definition) is 8. The summed E-state index contributed by atoms with van der Waals surface area (Å²) in [4.78, 5) is 39.7. The van der Waals surface area contributed by atoms with Crippen LogP contribution in [-0.2, 0) is 9.59 Å². The van der Waals surface area contributed by atoms with E-state index in [2.05, 4.69) is 0 Å². The summed E-state index contributed by atoms with van der Waals surface area (Å²) in [6.45, 7) is 2.68. The van der Waals surface area contributed by atoms with Crippen molar-refractivity contribution in [3.05, 3.63) is 69.3 Å². The van der Waals surface area contributed by atoms with Gasteiger partial charge in [-0.1, -0.05) is 18.2 Å². The van der Waals surface area contributed by atoms with E-state index in [0.717, 1.165) is 6.07 Å². The predicted molar refractivity (Wildman–Crippen MR) is 120 cm³/mol. The zero-order valence-electron chi connectivity index (χ0n) is 18.5. The molecule has 0 aromatic heterocycles. The number of phenols is 1. The number of hydrogen-bond donors (Lipinski definition) is 2. The quantitative estimate of drug-likeness (QED) is 0.204. The normalized spacial score (nSPS) is 17.6. The van der Waals surface area contributed by atoms with Gasteiger partial charge in [-0.05, 0) is 38.7 Å². The Labute approximate surface area is 190 Å². The molecule has 0 bridgehead atoms. The number of aliphatic hydroxyl groups is 1. The lowest BCUT2D eigenvalue weighted by Gasteiger charge is -2.27. The molecule has 1 aliphatic rings. The smallest absolute Gasteiger partial charge is 0.295 e. The van der Waals surface area contributed by atoms with Crippen molar-refractivity contribution in [3.63, 3.8) is 0 Å². The topological polar surface area (TPSA) is 133 Å². The standard InChI is InChI=1S/C23H25N3O7/c1-4-33-18-13-14(8-9-17(18)27)20-19(22(29)23(30)25(20)11-10-24(2)3)21(28)15-6-5-7-16(12-15)26(31)32/h5-9,12-13,20,27-28H,4,10-11H2,1-3H3/b21-19+. The molecule has 0 saturated carbocycles. The SMILES string of the molecule is CCOc1cc(C2/C(=C(\O)c3cccc([N+](=O)[O-])c3)C(=O)C(=O)N2CCN(C)C)ccc1O. The fourth-order valence-corrected chi connectivity index (χ4v) is 3.66. The van der Waals surface area contributed by atoms with Gasteiger partial charge in [0, 0.05) is 30.8 Å². The predicted octanol–water partition coefficient (Wildman–Crippen LogP) is 2.68. The number of carbonyl (C=O) groups excluding carboxylic acids is 2. The number of non-ortho nitro benzene ring substituents is 1. The van der Waals surface area contributed by atoms with Crippen molar-refractivity contribution in [2.24, 2.45) is 0 Å². The van der Waals surface area contributed by atoms with Crippen LogP contribution >= 0.6 is 0 Å². The molecule has 1 amide bonds. The van der Waals surface area contributed by atoms with Crippen LogP contribution in [0.1, 0.15) is 24.1 Å². The van der Waals surface area contributed by atoms with E-state index < -0.39 is 28.4 Å². The van der Waals surface area contributed by atoms with Crippen LogP contribution in [0.15, 0.2) is 48.0 Å². The number of amides is 1. The van der Waals surface area contributed by atoms with Crippen LogP contribution in [0.25, 0.3) is 5.76 Å². The van der Waals surface area contributed by atoms with Gasteiger partial charge in [0.15, 0.2) is 11.5 Å². The van der Waals surface area contributed by atoms with Gasteiger partial charge in [0.05, 0.1) is 23.1 Å². The second kappa shape index (κ2) is 9.70. The second-order valence-corrected chi connectivity index (χ2v) is 7.76. The lowest BCUT2D eigenvalue weighted by atomic mass is 9.95. The largest absolute Gasteiger partial charge is 0.507 e. The number of carbonyl (C=O) groups is 2. The molecule has 2 N–H and O–H groups in total. The molecule has 0 radical (unpaired) electrons. The Kier molecular flexibility index (Phi) is 6.98. The number of nitrogens with zero attached hydrogens (tertiary/aromatic N) is 3. The number of benzene rings is 2. The first-order valence-corrected chi connectivity index (χ1v) is 10.3. The summed E-state index contributed by atoms with van der Waals surface area (Å²) in [5.41, 5.74) is 0.0397. The highest BCUT2D eigenvalue weighted by atomic mass is 16.6. The summed E-state index contributed by atoms with van der Waals surface area (Å²) >= 11 is 0. The molecule has 1 unspecified atom stereocenters. The number of ether oxygens (including phenoxy) is 1. The molecule has 1 atom stereocenters. The lowest BCUT2D eigenvalue weighted by Crippen LogP contribution is -2.35. The van der Waals surface area contributed by atoms with Crippen molar-refractivity contribution >= 4 is 23.1 Å². The van der Waals surface area contributed by atoms with Crippen LogP contribution in [0, 0.1) is 10.1 Å². The van der Waals surface area contributed by atoms with Gasteiger partial charge in [-0.25, -0.2) is 0 Å². The van der Waals surface area contributed by atoms with E-state index >= 15 is 0 Å². The van der Waals surface area contributed by atoms with Gasteiger partial charge < -0.3 is 24.7 Å². The molecule has 2 aromatic carbocycles. The molecule has 10 nitrogen and oxygen atoms in total. The van der Waals surface area contributed by atoms with E-state index in [1.807, 2.05) is 19.0 Å². The van der Waals surface area contributed by atoms with Crippen LogP contribution in [0.5, 0.6) is 11.5 Å². The van der Waals surface area contributed by atoms with E-state index in [1.54, 1.807) is 6.92 Å². The second-order valence-electron chi connectivity index (χ2n) is 7.76. The first-order chi connectivity index (χ1) is 15.6. The molecular formula is C23H25N3O7. The monoisotopic (exact) mass is 455 g/mol. The minimum absolute atomic E-state index is 0.0450. The average molecular weight is 455 g/mol. The van der Waals surface area contributed by atoms with Crippen molar-refractivity contribution in [1.29, 1.82) is 0 Å². The third-order valence-electron chi connectivity index (χ3n) is 5.26. The zero-order chi connectivity index (χ0) is 24.3. The highest BCUT2D eigenvalue weighted by molar-refractivity contribution is 6.46. The Balaban J connectivity index is 2.20. The number of likely N-dealkylation sites (tertiary alicyclic amines) is 1. The van der Waals surface area contributed by atoms with Gasteiger partial charge in [0.1, 0.15) is 5.76 Å². The van der Waals surface area contributed by atoms with E-state index in [-0.39, 0.29) is 41.5 Å². The van der Waals surface area contributed by atoms with Gasteiger partial charge in [-0.3, -0.25) is 19.7 Å². The number of Topliss-reactive ketones (excluding diaryl/α,β-unsaturated/α-hetero) is 1. The van der Waals surface area contributed by atoms with E-state index in [4.69, 9.17) is 4.74 Å². The molecule has 0 aliphatic carbocycles.